The van der Waals surface area contributed by atoms with Gasteiger partial charge in [0.1, 0.15) is 5.75 Å². The maximum Gasteiger partial charge on any atom is 0.340 e. The van der Waals surface area contributed by atoms with Gasteiger partial charge in [0.15, 0.2) is 6.54 Å². The molecule has 3 rings (SSSR count). The number of piperazine rings is 1. The minimum atomic E-state index is -0.429. The van der Waals surface area contributed by atoms with Gasteiger partial charge in [0.05, 0.1) is 56.8 Å². The second-order valence-electron chi connectivity index (χ2n) is 6.90. The molecule has 0 atom stereocenters. The Kier molecular flexibility index (Phi) is 7.08. The topological polar surface area (TPSA) is 72.3 Å². The van der Waals surface area contributed by atoms with Gasteiger partial charge in [-0.25, -0.2) is 4.79 Å². The summed E-state index contributed by atoms with van der Waals surface area (Å²) in [5.41, 5.74) is 1.95. The zero-order chi connectivity index (χ0) is 20.6. The molecule has 1 saturated heterocycles. The Hall–Kier alpha value is -3.06. The molecule has 1 aliphatic rings. The molecule has 154 valence electrons. The van der Waals surface area contributed by atoms with Gasteiger partial charge in [-0.3, -0.25) is 4.79 Å². The van der Waals surface area contributed by atoms with Crippen molar-refractivity contribution in [3.8, 4) is 5.75 Å². The first-order valence-corrected chi connectivity index (χ1v) is 9.90. The van der Waals surface area contributed by atoms with E-state index in [-0.39, 0.29) is 5.91 Å². The number of quaternary nitrogens is 1. The zero-order valence-electron chi connectivity index (χ0n) is 16.9. The molecule has 29 heavy (non-hydrogen) atoms. The minimum absolute atomic E-state index is 0.109. The third kappa shape index (κ3) is 5.26. The van der Waals surface area contributed by atoms with E-state index in [1.54, 1.807) is 38.3 Å². The van der Waals surface area contributed by atoms with E-state index in [4.69, 9.17) is 9.47 Å². The fraction of sp³-hybridized carbons (Fsp3) is 0.364. The highest BCUT2D eigenvalue weighted by Crippen LogP contribution is 2.27. The van der Waals surface area contributed by atoms with E-state index in [2.05, 4.69) is 16.3 Å². The van der Waals surface area contributed by atoms with Gasteiger partial charge in [-0.05, 0) is 31.2 Å². The van der Waals surface area contributed by atoms with Crippen LogP contribution in [-0.4, -0.2) is 58.3 Å². The lowest BCUT2D eigenvalue weighted by atomic mass is 10.1. The highest BCUT2D eigenvalue weighted by molar-refractivity contribution is 6.01. The van der Waals surface area contributed by atoms with Gasteiger partial charge in [0, 0.05) is 0 Å². The van der Waals surface area contributed by atoms with Crippen LogP contribution in [0.25, 0.3) is 0 Å². The van der Waals surface area contributed by atoms with Crippen molar-refractivity contribution in [3.63, 3.8) is 0 Å². The number of para-hydroxylation sites is 3. The molecule has 0 aromatic heterocycles. The largest absolute Gasteiger partial charge is 0.495 e. The van der Waals surface area contributed by atoms with E-state index in [9.17, 15) is 9.59 Å². The minimum Gasteiger partial charge on any atom is -0.495 e. The van der Waals surface area contributed by atoms with Crippen molar-refractivity contribution in [2.45, 2.75) is 6.92 Å². The maximum absolute atomic E-state index is 12.5. The van der Waals surface area contributed by atoms with Crippen molar-refractivity contribution in [1.29, 1.82) is 0 Å². The zero-order valence-corrected chi connectivity index (χ0v) is 16.9. The van der Waals surface area contributed by atoms with Gasteiger partial charge in [-0.2, -0.15) is 0 Å². The first-order chi connectivity index (χ1) is 14.1. The highest BCUT2D eigenvalue weighted by atomic mass is 16.5. The number of benzene rings is 2. The summed E-state index contributed by atoms with van der Waals surface area (Å²) in [5.74, 6) is 0.327. The van der Waals surface area contributed by atoms with Crippen LogP contribution in [0.15, 0.2) is 48.5 Å². The second-order valence-corrected chi connectivity index (χ2v) is 6.90. The number of rotatable bonds is 7. The Balaban J connectivity index is 1.55. The molecule has 7 heteroatoms. The van der Waals surface area contributed by atoms with Gasteiger partial charge in [0.2, 0.25) is 0 Å². The summed E-state index contributed by atoms with van der Waals surface area (Å²) in [5, 5.41) is 2.86. The molecule has 1 fully saturated rings. The van der Waals surface area contributed by atoms with Gasteiger partial charge < -0.3 is 24.6 Å². The number of hydrogen-bond donors (Lipinski definition) is 2. The van der Waals surface area contributed by atoms with Crippen LogP contribution in [0, 0.1) is 0 Å². The van der Waals surface area contributed by atoms with Crippen LogP contribution < -0.4 is 19.9 Å². The Morgan fingerprint density at radius 2 is 1.76 bits per heavy atom. The predicted molar refractivity (Wildman–Crippen MR) is 112 cm³/mol. The SMILES string of the molecule is CCOC(=O)c1ccccc1NC(=O)C[NH+]1CCN(c2ccccc2OC)CC1. The standard InChI is InChI=1S/C22H27N3O4/c1-3-29-22(27)17-8-4-5-9-18(17)23-21(26)16-24-12-14-25(15-13-24)19-10-6-7-11-20(19)28-2/h4-11H,3,12-16H2,1-2H3,(H,23,26)/p+1. The lowest BCUT2D eigenvalue weighted by Crippen LogP contribution is -3.15. The highest BCUT2D eigenvalue weighted by Gasteiger charge is 2.24. The van der Waals surface area contributed by atoms with Crippen molar-refractivity contribution in [1.82, 2.24) is 0 Å². The number of carbonyl (C=O) groups excluding carboxylic acids is 2. The third-order valence-corrected chi connectivity index (χ3v) is 5.00. The summed E-state index contributed by atoms with van der Waals surface area (Å²) < 4.78 is 10.5. The summed E-state index contributed by atoms with van der Waals surface area (Å²) in [6, 6.07) is 14.9. The van der Waals surface area contributed by atoms with E-state index in [0.29, 0.717) is 24.4 Å². The van der Waals surface area contributed by atoms with Crippen LogP contribution in [0.2, 0.25) is 0 Å². The first kappa shape index (κ1) is 20.7. The molecule has 0 unspecified atom stereocenters. The summed E-state index contributed by atoms with van der Waals surface area (Å²) >= 11 is 0. The van der Waals surface area contributed by atoms with E-state index in [0.717, 1.165) is 37.6 Å². The average Bonchev–Trinajstić information content (AvgIpc) is 2.75. The molecule has 7 nitrogen and oxygen atoms in total. The second kappa shape index (κ2) is 9.93. The van der Waals surface area contributed by atoms with Crippen LogP contribution in [0.4, 0.5) is 11.4 Å². The number of nitrogens with zero attached hydrogens (tertiary/aromatic N) is 1. The molecule has 2 aromatic carbocycles. The lowest BCUT2D eigenvalue weighted by Gasteiger charge is -2.34. The molecule has 0 spiro atoms. The van der Waals surface area contributed by atoms with Gasteiger partial charge >= 0.3 is 5.97 Å². The summed E-state index contributed by atoms with van der Waals surface area (Å²) in [7, 11) is 1.68. The van der Waals surface area contributed by atoms with Crippen LogP contribution in [0.5, 0.6) is 5.75 Å². The van der Waals surface area contributed by atoms with Crippen molar-refractivity contribution in [2.75, 3.05) is 56.7 Å². The fourth-order valence-electron chi connectivity index (χ4n) is 3.53. The van der Waals surface area contributed by atoms with Crippen LogP contribution in [0.3, 0.4) is 0 Å². The Labute approximate surface area is 171 Å². The number of nitrogens with one attached hydrogen (secondary N) is 2. The van der Waals surface area contributed by atoms with Crippen LogP contribution in [-0.2, 0) is 9.53 Å². The van der Waals surface area contributed by atoms with Crippen molar-refractivity contribution in [3.05, 3.63) is 54.1 Å². The molecule has 0 bridgehead atoms. The van der Waals surface area contributed by atoms with Gasteiger partial charge in [-0.15, -0.1) is 0 Å². The molecule has 0 radical (unpaired) electrons. The third-order valence-electron chi connectivity index (χ3n) is 5.00. The van der Waals surface area contributed by atoms with Crippen LogP contribution >= 0.6 is 0 Å². The molecular formula is C22H28N3O4+. The predicted octanol–water partition coefficient (Wildman–Crippen LogP) is 1.22. The Morgan fingerprint density at radius 3 is 2.48 bits per heavy atom. The fourth-order valence-corrected chi connectivity index (χ4v) is 3.53. The normalized spacial score (nSPS) is 14.3. The molecule has 1 aliphatic heterocycles. The van der Waals surface area contributed by atoms with Gasteiger partial charge in [-0.1, -0.05) is 24.3 Å². The molecule has 1 amide bonds. The van der Waals surface area contributed by atoms with E-state index < -0.39 is 5.97 Å². The van der Waals surface area contributed by atoms with E-state index in [1.807, 2.05) is 18.2 Å². The number of ether oxygens (including phenoxy) is 2. The monoisotopic (exact) mass is 398 g/mol. The molecule has 1 heterocycles. The van der Waals surface area contributed by atoms with Crippen molar-refractivity contribution in [2.24, 2.45) is 0 Å². The molecule has 0 saturated carbocycles. The number of amides is 1. The van der Waals surface area contributed by atoms with Gasteiger partial charge in [0.25, 0.3) is 5.91 Å². The van der Waals surface area contributed by atoms with E-state index >= 15 is 0 Å². The number of methoxy groups -OCH3 is 1. The lowest BCUT2D eigenvalue weighted by molar-refractivity contribution is -0.892. The smallest absolute Gasteiger partial charge is 0.340 e. The molecule has 2 N–H and O–H groups in total. The Morgan fingerprint density at radius 1 is 1.07 bits per heavy atom. The quantitative estimate of drug-likeness (QED) is 0.686. The Bertz CT molecular complexity index is 847. The summed E-state index contributed by atoms with van der Waals surface area (Å²) in [4.78, 5) is 28.1. The summed E-state index contributed by atoms with van der Waals surface area (Å²) in [6.07, 6.45) is 0. The maximum atomic E-state index is 12.5. The first-order valence-electron chi connectivity index (χ1n) is 9.90. The van der Waals surface area contributed by atoms with Crippen LogP contribution in [0.1, 0.15) is 17.3 Å². The van der Waals surface area contributed by atoms with Crippen molar-refractivity contribution >= 4 is 23.3 Å². The number of anilines is 2. The van der Waals surface area contributed by atoms with Crippen molar-refractivity contribution < 1.29 is 24.0 Å². The average molecular weight is 398 g/mol. The number of carbonyl (C=O) groups is 2. The molecule has 2 aromatic rings. The number of esters is 1. The molecular weight excluding hydrogens is 370 g/mol. The number of hydrogen-bond acceptors (Lipinski definition) is 5. The summed E-state index contributed by atoms with van der Waals surface area (Å²) in [6.45, 7) is 5.81. The van der Waals surface area contributed by atoms with E-state index in [1.165, 1.54) is 4.90 Å². The molecule has 0 aliphatic carbocycles.